The van der Waals surface area contributed by atoms with E-state index in [4.69, 9.17) is 4.42 Å². The quantitative estimate of drug-likeness (QED) is 0.646. The second kappa shape index (κ2) is 7.88. The van der Waals surface area contributed by atoms with Crippen LogP contribution in [0, 0.1) is 0 Å². The first-order valence-corrected chi connectivity index (χ1v) is 10.9. The average Bonchev–Trinajstić information content (AvgIpc) is 3.34. The zero-order valence-electron chi connectivity index (χ0n) is 15.7. The SMILES string of the molecule is O=C(C[C@@H]1CCCN1S(=O)(=O)c1cc2ccccc2o1)NCc1cccc(O)c1. The molecule has 1 aromatic heterocycles. The molecule has 1 aliphatic rings. The zero-order valence-corrected chi connectivity index (χ0v) is 16.6. The molecule has 29 heavy (non-hydrogen) atoms. The minimum absolute atomic E-state index is 0.0816. The van der Waals surface area contributed by atoms with Crippen LogP contribution < -0.4 is 5.32 Å². The predicted molar refractivity (Wildman–Crippen MR) is 108 cm³/mol. The Balaban J connectivity index is 1.44. The van der Waals surface area contributed by atoms with Gasteiger partial charge in [0.25, 0.3) is 10.0 Å². The molecule has 0 unspecified atom stereocenters. The summed E-state index contributed by atoms with van der Waals surface area (Å²) in [6.07, 6.45) is 1.40. The Bertz CT molecular complexity index is 1110. The molecular weight excluding hydrogens is 392 g/mol. The minimum Gasteiger partial charge on any atom is -0.508 e. The van der Waals surface area contributed by atoms with E-state index in [1.165, 1.54) is 10.4 Å². The van der Waals surface area contributed by atoms with Crippen molar-refractivity contribution in [2.75, 3.05) is 6.54 Å². The van der Waals surface area contributed by atoms with Crippen LogP contribution in [-0.4, -0.2) is 36.3 Å². The van der Waals surface area contributed by atoms with Crippen molar-refractivity contribution in [3.05, 3.63) is 60.2 Å². The Morgan fingerprint density at radius 1 is 1.17 bits per heavy atom. The topological polar surface area (TPSA) is 99.9 Å². The van der Waals surface area contributed by atoms with Gasteiger partial charge in [-0.25, -0.2) is 8.42 Å². The molecule has 2 N–H and O–H groups in total. The number of rotatable bonds is 6. The second-order valence-electron chi connectivity index (χ2n) is 7.17. The van der Waals surface area contributed by atoms with Gasteiger partial charge in [0.2, 0.25) is 11.0 Å². The monoisotopic (exact) mass is 414 g/mol. The van der Waals surface area contributed by atoms with Gasteiger partial charge in [0, 0.05) is 37.0 Å². The highest BCUT2D eigenvalue weighted by Crippen LogP contribution is 2.31. The summed E-state index contributed by atoms with van der Waals surface area (Å²) >= 11 is 0. The number of nitrogens with zero attached hydrogens (tertiary/aromatic N) is 1. The molecule has 0 bridgehead atoms. The van der Waals surface area contributed by atoms with Gasteiger partial charge >= 0.3 is 0 Å². The number of hydrogen-bond donors (Lipinski definition) is 2. The maximum atomic E-state index is 13.1. The average molecular weight is 414 g/mol. The summed E-state index contributed by atoms with van der Waals surface area (Å²) in [5.41, 5.74) is 1.29. The fourth-order valence-electron chi connectivity index (χ4n) is 3.68. The van der Waals surface area contributed by atoms with Gasteiger partial charge in [-0.05, 0) is 36.6 Å². The lowest BCUT2D eigenvalue weighted by molar-refractivity contribution is -0.122. The minimum atomic E-state index is -3.81. The van der Waals surface area contributed by atoms with Crippen LogP contribution in [0.15, 0.2) is 64.1 Å². The Labute approximate surface area is 169 Å². The third kappa shape index (κ3) is 4.13. The molecule has 2 heterocycles. The molecule has 0 aliphatic carbocycles. The van der Waals surface area contributed by atoms with Crippen molar-refractivity contribution >= 4 is 26.9 Å². The molecule has 1 saturated heterocycles. The van der Waals surface area contributed by atoms with Crippen LogP contribution in [0.4, 0.5) is 0 Å². The van der Waals surface area contributed by atoms with Crippen molar-refractivity contribution in [1.29, 1.82) is 0 Å². The van der Waals surface area contributed by atoms with Crippen molar-refractivity contribution in [2.45, 2.75) is 36.9 Å². The first kappa shape index (κ1) is 19.5. The lowest BCUT2D eigenvalue weighted by Gasteiger charge is -2.22. The highest BCUT2D eigenvalue weighted by Gasteiger charge is 2.38. The van der Waals surface area contributed by atoms with Gasteiger partial charge < -0.3 is 14.8 Å². The summed E-state index contributed by atoms with van der Waals surface area (Å²) in [5.74, 6) is -0.0966. The number of carbonyl (C=O) groups excluding carboxylic acids is 1. The van der Waals surface area contributed by atoms with E-state index in [0.717, 1.165) is 10.9 Å². The molecule has 0 radical (unpaired) electrons. The predicted octanol–water partition coefficient (Wildman–Crippen LogP) is 3.00. The van der Waals surface area contributed by atoms with E-state index in [-0.39, 0.29) is 29.7 Å². The Hall–Kier alpha value is -2.84. The lowest BCUT2D eigenvalue weighted by Crippen LogP contribution is -2.38. The number of furan rings is 1. The van der Waals surface area contributed by atoms with E-state index in [9.17, 15) is 18.3 Å². The van der Waals surface area contributed by atoms with Gasteiger partial charge in [-0.1, -0.05) is 30.3 Å². The van der Waals surface area contributed by atoms with Crippen molar-refractivity contribution < 1.29 is 22.7 Å². The number of para-hydroxylation sites is 1. The molecule has 3 aromatic rings. The molecule has 2 aromatic carbocycles. The molecule has 7 nitrogen and oxygen atoms in total. The van der Waals surface area contributed by atoms with E-state index >= 15 is 0 Å². The largest absolute Gasteiger partial charge is 0.508 e. The summed E-state index contributed by atoms with van der Waals surface area (Å²) in [6, 6.07) is 14.9. The molecule has 4 rings (SSSR count). The number of phenols is 1. The zero-order chi connectivity index (χ0) is 20.4. The molecule has 8 heteroatoms. The number of fused-ring (bicyclic) bond motifs is 1. The molecule has 1 fully saturated rings. The lowest BCUT2D eigenvalue weighted by atomic mass is 10.1. The Morgan fingerprint density at radius 2 is 2.00 bits per heavy atom. The number of aromatic hydroxyl groups is 1. The normalized spacial score (nSPS) is 17.6. The fourth-order valence-corrected chi connectivity index (χ4v) is 5.33. The molecule has 0 spiro atoms. The Morgan fingerprint density at radius 3 is 2.79 bits per heavy atom. The van der Waals surface area contributed by atoms with Crippen LogP contribution in [0.2, 0.25) is 0 Å². The molecule has 1 amide bonds. The van der Waals surface area contributed by atoms with Gasteiger partial charge in [0.15, 0.2) is 0 Å². The number of phenolic OH excluding ortho intramolecular Hbond substituents is 1. The second-order valence-corrected chi connectivity index (χ2v) is 8.99. The number of carbonyl (C=O) groups is 1. The van der Waals surface area contributed by atoms with Crippen molar-refractivity contribution in [3.63, 3.8) is 0 Å². The molecule has 152 valence electrons. The number of amides is 1. The van der Waals surface area contributed by atoms with Gasteiger partial charge in [-0.3, -0.25) is 4.79 Å². The van der Waals surface area contributed by atoms with Crippen LogP contribution >= 0.6 is 0 Å². The van der Waals surface area contributed by atoms with E-state index in [1.54, 1.807) is 42.5 Å². The van der Waals surface area contributed by atoms with Gasteiger partial charge in [-0.15, -0.1) is 0 Å². The van der Waals surface area contributed by atoms with Gasteiger partial charge in [-0.2, -0.15) is 4.31 Å². The maximum absolute atomic E-state index is 13.1. The fraction of sp³-hybridized carbons (Fsp3) is 0.286. The van der Waals surface area contributed by atoms with Crippen LogP contribution in [0.1, 0.15) is 24.8 Å². The molecule has 0 saturated carbocycles. The summed E-state index contributed by atoms with van der Waals surface area (Å²) < 4.78 is 33.1. The van der Waals surface area contributed by atoms with Gasteiger partial charge in [0.05, 0.1) is 0 Å². The van der Waals surface area contributed by atoms with Crippen molar-refractivity contribution in [3.8, 4) is 5.75 Å². The third-order valence-corrected chi connectivity index (χ3v) is 6.92. The Kier molecular flexibility index (Phi) is 5.29. The molecule has 1 atom stereocenters. The third-order valence-electron chi connectivity index (χ3n) is 5.11. The van der Waals surface area contributed by atoms with Crippen LogP contribution in [0.5, 0.6) is 5.75 Å². The first-order valence-electron chi connectivity index (χ1n) is 9.48. The highest BCUT2D eigenvalue weighted by atomic mass is 32.2. The number of sulfonamides is 1. The number of benzene rings is 2. The standard InChI is InChI=1S/C21H22N2O5S/c24-18-8-3-5-15(11-18)14-22-20(25)13-17-7-4-10-23(17)29(26,27)21-12-16-6-1-2-9-19(16)28-21/h1-3,5-6,8-9,11-12,17,24H,4,7,10,13-14H2,(H,22,25)/t17-/m0/s1. The van der Waals surface area contributed by atoms with E-state index in [0.29, 0.717) is 25.0 Å². The van der Waals surface area contributed by atoms with Crippen LogP contribution in [0.3, 0.4) is 0 Å². The highest BCUT2D eigenvalue weighted by molar-refractivity contribution is 7.89. The smallest absolute Gasteiger partial charge is 0.276 e. The van der Waals surface area contributed by atoms with Crippen molar-refractivity contribution in [2.24, 2.45) is 0 Å². The van der Waals surface area contributed by atoms with E-state index < -0.39 is 16.1 Å². The van der Waals surface area contributed by atoms with Crippen LogP contribution in [0.25, 0.3) is 11.0 Å². The summed E-state index contributed by atoms with van der Waals surface area (Å²) in [7, 11) is -3.81. The summed E-state index contributed by atoms with van der Waals surface area (Å²) in [4.78, 5) is 12.4. The summed E-state index contributed by atoms with van der Waals surface area (Å²) in [6.45, 7) is 0.639. The van der Waals surface area contributed by atoms with E-state index in [2.05, 4.69) is 5.32 Å². The van der Waals surface area contributed by atoms with Crippen LogP contribution in [-0.2, 0) is 21.4 Å². The first-order chi connectivity index (χ1) is 13.9. The number of nitrogens with one attached hydrogen (secondary N) is 1. The number of hydrogen-bond acceptors (Lipinski definition) is 5. The molecular formula is C21H22N2O5S. The van der Waals surface area contributed by atoms with Gasteiger partial charge in [0.1, 0.15) is 11.3 Å². The summed E-state index contributed by atoms with van der Waals surface area (Å²) in [5, 5.41) is 12.9. The van der Waals surface area contributed by atoms with E-state index in [1.807, 2.05) is 6.07 Å². The van der Waals surface area contributed by atoms with Crippen molar-refractivity contribution in [1.82, 2.24) is 9.62 Å². The maximum Gasteiger partial charge on any atom is 0.276 e. The molecule has 1 aliphatic heterocycles.